The summed E-state index contributed by atoms with van der Waals surface area (Å²) in [6.45, 7) is 2.33. The number of aromatic nitrogens is 3. The molecule has 6 heteroatoms. The van der Waals surface area contributed by atoms with Gasteiger partial charge in [0.25, 0.3) is 5.56 Å². The van der Waals surface area contributed by atoms with Gasteiger partial charge in [0.05, 0.1) is 30.6 Å². The van der Waals surface area contributed by atoms with Crippen molar-refractivity contribution in [3.8, 4) is 22.7 Å². The number of nitrogens with one attached hydrogen (secondary N) is 1. The van der Waals surface area contributed by atoms with Crippen LogP contribution in [0, 0.1) is 0 Å². The lowest BCUT2D eigenvalue weighted by Crippen LogP contribution is -2.19. The normalized spacial score (nSPS) is 11.5. The van der Waals surface area contributed by atoms with Crippen LogP contribution >= 0.6 is 0 Å². The minimum Gasteiger partial charge on any atom is -0.497 e. The molecule has 150 valence electrons. The second kappa shape index (κ2) is 8.61. The van der Waals surface area contributed by atoms with Crippen molar-refractivity contribution < 1.29 is 4.74 Å². The number of ether oxygens (including phenoxy) is 1. The number of methoxy groups -OCH3 is 1. The van der Waals surface area contributed by atoms with Gasteiger partial charge in [-0.1, -0.05) is 36.4 Å². The molecule has 0 amide bonds. The summed E-state index contributed by atoms with van der Waals surface area (Å²) < 4.78 is 6.77. The lowest BCUT2D eigenvalue weighted by atomic mass is 10.1. The highest BCUT2D eigenvalue weighted by molar-refractivity contribution is 6.03. The van der Waals surface area contributed by atoms with Gasteiger partial charge in [-0.05, 0) is 42.8 Å². The van der Waals surface area contributed by atoms with Crippen molar-refractivity contribution in [1.29, 1.82) is 0 Å². The van der Waals surface area contributed by atoms with Crippen LogP contribution in [-0.2, 0) is 6.54 Å². The Morgan fingerprint density at radius 3 is 2.50 bits per heavy atom. The summed E-state index contributed by atoms with van der Waals surface area (Å²) in [5.74, 6) is 0.732. The van der Waals surface area contributed by atoms with E-state index < -0.39 is 0 Å². The van der Waals surface area contributed by atoms with E-state index in [9.17, 15) is 4.79 Å². The van der Waals surface area contributed by atoms with Crippen molar-refractivity contribution in [3.63, 3.8) is 0 Å². The Bertz CT molecular complexity index is 1210. The average molecular weight is 398 g/mol. The lowest BCUT2D eigenvalue weighted by Gasteiger charge is -2.04. The number of H-pyrrole nitrogens is 1. The second-order valence-corrected chi connectivity index (χ2v) is 6.83. The van der Waals surface area contributed by atoms with Crippen LogP contribution in [0.3, 0.4) is 0 Å². The standard InChI is InChI=1S/C24H22N4O2/c1-17(26-16-18-7-6-14-25-15-18)22-23(19-8-4-3-5-9-19)27-28(24(22)29)20-10-12-21(30-2)13-11-20/h3-15,27H,16H2,1-2H3. The lowest BCUT2D eigenvalue weighted by molar-refractivity contribution is 0.414. The summed E-state index contributed by atoms with van der Waals surface area (Å²) in [5, 5.41) is 3.27. The van der Waals surface area contributed by atoms with Crippen LogP contribution < -0.4 is 10.3 Å². The molecule has 0 atom stereocenters. The molecule has 0 bridgehead atoms. The fourth-order valence-electron chi connectivity index (χ4n) is 3.28. The quantitative estimate of drug-likeness (QED) is 0.494. The Labute approximate surface area is 174 Å². The molecule has 0 saturated heterocycles. The van der Waals surface area contributed by atoms with Gasteiger partial charge in [-0.15, -0.1) is 0 Å². The Morgan fingerprint density at radius 1 is 1.07 bits per heavy atom. The van der Waals surface area contributed by atoms with Crippen LogP contribution in [0.1, 0.15) is 18.1 Å². The number of nitrogens with zero attached hydrogens (tertiary/aromatic N) is 3. The maximum absolute atomic E-state index is 13.4. The fraction of sp³-hybridized carbons (Fsp3) is 0.125. The molecule has 1 N–H and O–H groups in total. The van der Waals surface area contributed by atoms with E-state index in [2.05, 4.69) is 15.1 Å². The molecule has 0 aliphatic heterocycles. The monoisotopic (exact) mass is 398 g/mol. The third kappa shape index (κ3) is 3.93. The summed E-state index contributed by atoms with van der Waals surface area (Å²) in [4.78, 5) is 22.2. The van der Waals surface area contributed by atoms with E-state index in [0.717, 1.165) is 28.3 Å². The van der Waals surface area contributed by atoms with Gasteiger partial charge < -0.3 is 4.74 Å². The van der Waals surface area contributed by atoms with E-state index in [1.165, 1.54) is 0 Å². The van der Waals surface area contributed by atoms with Crippen molar-refractivity contribution in [2.75, 3.05) is 7.11 Å². The number of hydrogen-bond donors (Lipinski definition) is 1. The van der Waals surface area contributed by atoms with E-state index in [1.54, 1.807) is 24.2 Å². The maximum Gasteiger partial charge on any atom is 0.280 e. The molecule has 0 aliphatic rings. The van der Waals surface area contributed by atoms with Crippen molar-refractivity contribution in [2.24, 2.45) is 4.99 Å². The van der Waals surface area contributed by atoms with E-state index in [0.29, 0.717) is 17.8 Å². The Kier molecular flexibility index (Phi) is 5.57. The minimum atomic E-state index is -0.147. The zero-order valence-corrected chi connectivity index (χ0v) is 16.9. The predicted molar refractivity (Wildman–Crippen MR) is 119 cm³/mol. The van der Waals surface area contributed by atoms with Crippen molar-refractivity contribution in [2.45, 2.75) is 13.5 Å². The highest BCUT2D eigenvalue weighted by Gasteiger charge is 2.19. The minimum absolute atomic E-state index is 0.147. The number of aromatic amines is 1. The maximum atomic E-state index is 13.4. The first-order chi connectivity index (χ1) is 14.7. The predicted octanol–water partition coefficient (Wildman–Crippen LogP) is 4.25. The van der Waals surface area contributed by atoms with Gasteiger partial charge in [-0.3, -0.25) is 19.9 Å². The van der Waals surface area contributed by atoms with Gasteiger partial charge in [-0.25, -0.2) is 4.68 Å². The molecule has 0 spiro atoms. The molecule has 2 aromatic carbocycles. The molecule has 2 aromatic heterocycles. The molecule has 4 rings (SSSR count). The van der Waals surface area contributed by atoms with E-state index >= 15 is 0 Å². The highest BCUT2D eigenvalue weighted by atomic mass is 16.5. The summed E-state index contributed by atoms with van der Waals surface area (Å²) in [5.41, 5.74) is 4.46. The Balaban J connectivity index is 1.81. The van der Waals surface area contributed by atoms with E-state index in [1.807, 2.05) is 73.7 Å². The van der Waals surface area contributed by atoms with Gasteiger partial charge in [0.2, 0.25) is 0 Å². The van der Waals surface area contributed by atoms with Crippen LogP contribution in [-0.4, -0.2) is 27.6 Å². The molecular formula is C24H22N4O2. The van der Waals surface area contributed by atoms with Gasteiger partial charge >= 0.3 is 0 Å². The Hall–Kier alpha value is -3.93. The molecular weight excluding hydrogens is 376 g/mol. The number of hydrogen-bond acceptors (Lipinski definition) is 4. The molecule has 0 radical (unpaired) electrons. The van der Waals surface area contributed by atoms with Crippen molar-refractivity contribution in [1.82, 2.24) is 14.8 Å². The van der Waals surface area contributed by atoms with E-state index in [-0.39, 0.29) is 5.56 Å². The van der Waals surface area contributed by atoms with Crippen LogP contribution in [0.15, 0.2) is 88.9 Å². The summed E-state index contributed by atoms with van der Waals surface area (Å²) >= 11 is 0. The smallest absolute Gasteiger partial charge is 0.280 e. The van der Waals surface area contributed by atoms with Crippen molar-refractivity contribution >= 4 is 5.71 Å². The molecule has 4 aromatic rings. The molecule has 0 saturated carbocycles. The van der Waals surface area contributed by atoms with Crippen molar-refractivity contribution in [3.05, 3.63) is 101 Å². The van der Waals surface area contributed by atoms with Gasteiger partial charge in [0.15, 0.2) is 0 Å². The third-order valence-corrected chi connectivity index (χ3v) is 4.87. The highest BCUT2D eigenvalue weighted by Crippen LogP contribution is 2.22. The molecule has 0 fully saturated rings. The molecule has 6 nitrogen and oxygen atoms in total. The number of rotatable bonds is 6. The average Bonchev–Trinajstić information content (AvgIpc) is 3.16. The largest absolute Gasteiger partial charge is 0.497 e. The summed E-state index contributed by atoms with van der Waals surface area (Å²) in [7, 11) is 1.61. The first kappa shape index (κ1) is 19.4. The number of pyridine rings is 1. The third-order valence-electron chi connectivity index (χ3n) is 4.87. The molecule has 0 unspecified atom stereocenters. The fourth-order valence-corrected chi connectivity index (χ4v) is 3.28. The van der Waals surface area contributed by atoms with Crippen LogP contribution in [0.25, 0.3) is 16.9 Å². The van der Waals surface area contributed by atoms with Crippen LogP contribution in [0.4, 0.5) is 0 Å². The van der Waals surface area contributed by atoms with Crippen LogP contribution in [0.5, 0.6) is 5.75 Å². The first-order valence-electron chi connectivity index (χ1n) is 9.62. The SMILES string of the molecule is COc1ccc(-n2[nH]c(-c3ccccc3)c(C(C)=NCc3cccnc3)c2=O)cc1. The zero-order chi connectivity index (χ0) is 20.9. The number of benzene rings is 2. The van der Waals surface area contributed by atoms with Crippen LogP contribution in [0.2, 0.25) is 0 Å². The number of aliphatic imine (C=N–C) groups is 1. The first-order valence-corrected chi connectivity index (χ1v) is 9.62. The second-order valence-electron chi connectivity index (χ2n) is 6.83. The van der Waals surface area contributed by atoms with Gasteiger partial charge in [0, 0.05) is 23.7 Å². The Morgan fingerprint density at radius 2 is 1.83 bits per heavy atom. The molecule has 0 aliphatic carbocycles. The van der Waals surface area contributed by atoms with Gasteiger partial charge in [0.1, 0.15) is 5.75 Å². The summed E-state index contributed by atoms with van der Waals surface area (Å²) in [6.07, 6.45) is 3.51. The van der Waals surface area contributed by atoms with Gasteiger partial charge in [-0.2, -0.15) is 0 Å². The molecule has 30 heavy (non-hydrogen) atoms. The summed E-state index contributed by atoms with van der Waals surface area (Å²) in [6, 6.07) is 21.0. The molecule has 2 heterocycles. The zero-order valence-electron chi connectivity index (χ0n) is 16.9. The van der Waals surface area contributed by atoms with E-state index in [4.69, 9.17) is 4.74 Å². The topological polar surface area (TPSA) is 72.3 Å².